The van der Waals surface area contributed by atoms with Crippen LogP contribution in [0.2, 0.25) is 0 Å². The van der Waals surface area contributed by atoms with Gasteiger partial charge in [0.25, 0.3) is 5.91 Å². The van der Waals surface area contributed by atoms with Gasteiger partial charge in [0.05, 0.1) is 0 Å². The summed E-state index contributed by atoms with van der Waals surface area (Å²) in [6.45, 7) is 0.0682. The molecule has 1 amide bonds. The van der Waals surface area contributed by atoms with Crippen LogP contribution in [0, 0.1) is 6.92 Å². The van der Waals surface area contributed by atoms with Crippen LogP contribution in [-0.4, -0.2) is 23.7 Å². The Labute approximate surface area is 89.9 Å². The second-order valence-corrected chi connectivity index (χ2v) is 3.25. The largest absolute Gasteiger partial charge is 0.508 e. The SMILES string of the molecule is Cc1c(O)cccc1C(=O)NCC(F)(F)F. The third kappa shape index (κ3) is 3.15. The van der Waals surface area contributed by atoms with Crippen LogP contribution in [0.1, 0.15) is 15.9 Å². The maximum absolute atomic E-state index is 11.8. The fourth-order valence-electron chi connectivity index (χ4n) is 1.15. The van der Waals surface area contributed by atoms with E-state index in [2.05, 4.69) is 0 Å². The molecule has 0 radical (unpaired) electrons. The zero-order valence-electron chi connectivity index (χ0n) is 8.43. The van der Waals surface area contributed by atoms with E-state index in [0.29, 0.717) is 0 Å². The van der Waals surface area contributed by atoms with Crippen molar-refractivity contribution in [2.75, 3.05) is 6.54 Å². The van der Waals surface area contributed by atoms with Crippen molar-refractivity contribution in [3.8, 4) is 5.75 Å². The van der Waals surface area contributed by atoms with E-state index in [0.717, 1.165) is 0 Å². The van der Waals surface area contributed by atoms with Gasteiger partial charge in [-0.2, -0.15) is 13.2 Å². The molecule has 88 valence electrons. The van der Waals surface area contributed by atoms with Gasteiger partial charge in [-0.3, -0.25) is 4.79 Å². The van der Waals surface area contributed by atoms with Gasteiger partial charge in [-0.05, 0) is 19.1 Å². The highest BCUT2D eigenvalue weighted by molar-refractivity contribution is 5.96. The third-order valence-electron chi connectivity index (χ3n) is 2.00. The third-order valence-corrected chi connectivity index (χ3v) is 2.00. The van der Waals surface area contributed by atoms with E-state index < -0.39 is 18.6 Å². The number of benzene rings is 1. The smallest absolute Gasteiger partial charge is 0.405 e. The lowest BCUT2D eigenvalue weighted by molar-refractivity contribution is -0.123. The zero-order valence-corrected chi connectivity index (χ0v) is 8.43. The predicted molar refractivity (Wildman–Crippen MR) is 51.2 cm³/mol. The molecule has 0 aromatic heterocycles. The van der Waals surface area contributed by atoms with Gasteiger partial charge in [0.15, 0.2) is 0 Å². The fourth-order valence-corrected chi connectivity index (χ4v) is 1.15. The van der Waals surface area contributed by atoms with E-state index >= 15 is 0 Å². The van der Waals surface area contributed by atoms with Crippen LogP contribution >= 0.6 is 0 Å². The van der Waals surface area contributed by atoms with Crippen molar-refractivity contribution < 1.29 is 23.1 Å². The lowest BCUT2D eigenvalue weighted by atomic mass is 10.1. The molecule has 0 unspecified atom stereocenters. The summed E-state index contributed by atoms with van der Waals surface area (Å²) in [6, 6.07) is 4.10. The van der Waals surface area contributed by atoms with E-state index in [1.807, 2.05) is 0 Å². The van der Waals surface area contributed by atoms with Gasteiger partial charge in [0.1, 0.15) is 12.3 Å². The molecule has 0 aliphatic rings. The monoisotopic (exact) mass is 233 g/mol. The maximum atomic E-state index is 11.8. The van der Waals surface area contributed by atoms with Crippen LogP contribution in [0.4, 0.5) is 13.2 Å². The molecule has 2 N–H and O–H groups in total. The second-order valence-electron chi connectivity index (χ2n) is 3.25. The van der Waals surface area contributed by atoms with Gasteiger partial charge in [-0.1, -0.05) is 6.07 Å². The topological polar surface area (TPSA) is 49.3 Å². The number of carbonyl (C=O) groups is 1. The number of aromatic hydroxyl groups is 1. The van der Waals surface area contributed by atoms with Gasteiger partial charge >= 0.3 is 6.18 Å². The molecule has 1 aromatic carbocycles. The average Bonchev–Trinajstić information content (AvgIpc) is 2.17. The van der Waals surface area contributed by atoms with Crippen LogP contribution in [0.25, 0.3) is 0 Å². The number of alkyl halides is 3. The first-order chi connectivity index (χ1) is 7.31. The van der Waals surface area contributed by atoms with Crippen molar-refractivity contribution in [3.63, 3.8) is 0 Å². The summed E-state index contributed by atoms with van der Waals surface area (Å²) >= 11 is 0. The summed E-state index contributed by atoms with van der Waals surface area (Å²) in [5.74, 6) is -0.981. The summed E-state index contributed by atoms with van der Waals surface area (Å²) in [5.41, 5.74) is 0.284. The molecule has 0 saturated heterocycles. The van der Waals surface area contributed by atoms with E-state index in [1.54, 1.807) is 5.32 Å². The fraction of sp³-hybridized carbons (Fsp3) is 0.300. The number of nitrogens with one attached hydrogen (secondary N) is 1. The Morgan fingerprint density at radius 2 is 2.06 bits per heavy atom. The van der Waals surface area contributed by atoms with Crippen molar-refractivity contribution in [2.24, 2.45) is 0 Å². The Morgan fingerprint density at radius 1 is 1.44 bits per heavy atom. The molecule has 16 heavy (non-hydrogen) atoms. The van der Waals surface area contributed by atoms with Crippen molar-refractivity contribution in [3.05, 3.63) is 29.3 Å². The second kappa shape index (κ2) is 4.42. The van der Waals surface area contributed by atoms with Crippen LogP contribution in [-0.2, 0) is 0 Å². The van der Waals surface area contributed by atoms with E-state index in [4.69, 9.17) is 0 Å². The number of phenolic OH excluding ortho intramolecular Hbond substituents is 1. The minimum atomic E-state index is -4.44. The van der Waals surface area contributed by atoms with E-state index in [9.17, 15) is 23.1 Å². The first-order valence-corrected chi connectivity index (χ1v) is 4.45. The highest BCUT2D eigenvalue weighted by Crippen LogP contribution is 2.19. The molecule has 6 heteroatoms. The van der Waals surface area contributed by atoms with Crippen LogP contribution in [0.15, 0.2) is 18.2 Å². The summed E-state index contributed by atoms with van der Waals surface area (Å²) in [5, 5.41) is 11.0. The Hall–Kier alpha value is -1.72. The Morgan fingerprint density at radius 3 is 2.62 bits per heavy atom. The lowest BCUT2D eigenvalue weighted by Gasteiger charge is -2.10. The van der Waals surface area contributed by atoms with E-state index in [-0.39, 0.29) is 16.9 Å². The van der Waals surface area contributed by atoms with Gasteiger partial charge in [0.2, 0.25) is 0 Å². The maximum Gasteiger partial charge on any atom is 0.405 e. The Kier molecular flexibility index (Phi) is 3.41. The molecule has 1 aromatic rings. The normalized spacial score (nSPS) is 11.2. The minimum absolute atomic E-state index is 0.0317. The predicted octanol–water partition coefficient (Wildman–Crippen LogP) is 1.99. The molecule has 0 bridgehead atoms. The number of carbonyl (C=O) groups excluding carboxylic acids is 1. The quantitative estimate of drug-likeness (QED) is 0.820. The summed E-state index contributed by atoms with van der Waals surface area (Å²) in [7, 11) is 0. The first-order valence-electron chi connectivity index (χ1n) is 4.45. The van der Waals surface area contributed by atoms with Crippen molar-refractivity contribution >= 4 is 5.91 Å². The number of hydrogen-bond acceptors (Lipinski definition) is 2. The molecule has 0 saturated carbocycles. The standard InChI is InChI=1S/C10H10F3NO2/c1-6-7(3-2-4-8(6)15)9(16)14-5-10(11,12)13/h2-4,15H,5H2,1H3,(H,14,16). The van der Waals surface area contributed by atoms with Gasteiger partial charge in [-0.25, -0.2) is 0 Å². The molecule has 0 aliphatic heterocycles. The van der Waals surface area contributed by atoms with Crippen molar-refractivity contribution in [1.82, 2.24) is 5.32 Å². The molecule has 0 heterocycles. The highest BCUT2D eigenvalue weighted by Gasteiger charge is 2.28. The minimum Gasteiger partial charge on any atom is -0.508 e. The molecular formula is C10H10F3NO2. The Bertz CT molecular complexity index is 402. The summed E-state index contributed by atoms with van der Waals surface area (Å²) in [4.78, 5) is 11.3. The van der Waals surface area contributed by atoms with Gasteiger partial charge in [0, 0.05) is 11.1 Å². The van der Waals surface area contributed by atoms with Crippen LogP contribution < -0.4 is 5.32 Å². The summed E-state index contributed by atoms with van der Waals surface area (Å²) in [6.07, 6.45) is -4.44. The summed E-state index contributed by atoms with van der Waals surface area (Å²) < 4.78 is 35.5. The number of hydrogen-bond donors (Lipinski definition) is 2. The van der Waals surface area contributed by atoms with Crippen LogP contribution in [0.3, 0.4) is 0 Å². The first kappa shape index (κ1) is 12.4. The van der Waals surface area contributed by atoms with Crippen molar-refractivity contribution in [2.45, 2.75) is 13.1 Å². The number of phenols is 1. The zero-order chi connectivity index (χ0) is 12.3. The molecule has 0 aliphatic carbocycles. The number of rotatable bonds is 2. The molecule has 0 atom stereocenters. The highest BCUT2D eigenvalue weighted by atomic mass is 19.4. The lowest BCUT2D eigenvalue weighted by Crippen LogP contribution is -2.34. The molecule has 3 nitrogen and oxygen atoms in total. The number of amides is 1. The average molecular weight is 233 g/mol. The molecule has 0 fully saturated rings. The van der Waals surface area contributed by atoms with Gasteiger partial charge in [-0.15, -0.1) is 0 Å². The Balaban J connectivity index is 2.78. The van der Waals surface area contributed by atoms with E-state index in [1.165, 1.54) is 25.1 Å². The number of halogens is 3. The van der Waals surface area contributed by atoms with Crippen LogP contribution in [0.5, 0.6) is 5.75 Å². The van der Waals surface area contributed by atoms with Gasteiger partial charge < -0.3 is 10.4 Å². The molecule has 1 rings (SSSR count). The molecule has 0 spiro atoms. The van der Waals surface area contributed by atoms with Crippen molar-refractivity contribution in [1.29, 1.82) is 0 Å². The molecular weight excluding hydrogens is 223 g/mol.